The van der Waals surface area contributed by atoms with Crippen molar-refractivity contribution in [3.63, 3.8) is 0 Å². The summed E-state index contributed by atoms with van der Waals surface area (Å²) in [6, 6.07) is 9.39. The minimum Gasteiger partial charge on any atom is -0.383 e. The van der Waals surface area contributed by atoms with E-state index in [0.717, 1.165) is 46.5 Å². The van der Waals surface area contributed by atoms with E-state index in [1.54, 1.807) is 65.5 Å². The molecule has 0 spiro atoms. The monoisotopic (exact) mass is 537 g/mol. The molecule has 198 valence electrons. The summed E-state index contributed by atoms with van der Waals surface area (Å²) in [7, 11) is 1.67. The quantitative estimate of drug-likeness (QED) is 0.357. The summed E-state index contributed by atoms with van der Waals surface area (Å²) in [6.07, 6.45) is 6.08. The lowest BCUT2D eigenvalue weighted by Crippen LogP contribution is -2.27. The minimum absolute atomic E-state index is 0. The molecule has 0 bridgehead atoms. The van der Waals surface area contributed by atoms with Crippen LogP contribution in [-0.4, -0.2) is 49.0 Å². The highest BCUT2D eigenvalue weighted by Crippen LogP contribution is 2.27. The van der Waals surface area contributed by atoms with Crippen LogP contribution in [0.1, 0.15) is 22.4 Å². The van der Waals surface area contributed by atoms with E-state index < -0.39 is 0 Å². The Hall–Kier alpha value is -3.73. The van der Waals surface area contributed by atoms with Gasteiger partial charge in [0.1, 0.15) is 11.6 Å². The number of fused-ring (bicyclic) bond motifs is 2. The SMILES string of the molecule is COCCn1ncc2cc(-n3ccn(-c4c5c(nn4-c4cc(C)c(F)c(C)c4)CCNC5)c3=O)ccc21.Cl. The van der Waals surface area contributed by atoms with Crippen molar-refractivity contribution in [1.82, 2.24) is 34.0 Å². The summed E-state index contributed by atoms with van der Waals surface area (Å²) in [5.74, 6) is 0.443. The van der Waals surface area contributed by atoms with Crippen LogP contribution in [0.4, 0.5) is 4.39 Å². The van der Waals surface area contributed by atoms with Crippen molar-refractivity contribution in [2.75, 3.05) is 20.3 Å². The predicted octanol–water partition coefficient (Wildman–Crippen LogP) is 3.63. The Kier molecular flexibility index (Phi) is 6.95. The van der Waals surface area contributed by atoms with Crippen LogP contribution in [0.15, 0.2) is 53.7 Å². The van der Waals surface area contributed by atoms with Crippen LogP contribution in [0.3, 0.4) is 0 Å². The van der Waals surface area contributed by atoms with Gasteiger partial charge in [0, 0.05) is 50.0 Å². The molecule has 0 amide bonds. The zero-order valence-corrected chi connectivity index (χ0v) is 22.3. The fourth-order valence-electron chi connectivity index (χ4n) is 5.08. The van der Waals surface area contributed by atoms with Crippen LogP contribution in [0, 0.1) is 19.7 Å². The predicted molar refractivity (Wildman–Crippen MR) is 146 cm³/mol. The normalized spacial score (nSPS) is 13.1. The number of benzene rings is 2. The standard InChI is InChI=1S/C27H28FN7O2.ClH/c1-17-12-21(13-18(2)25(17)28)35-26(22-16-29-7-6-23(22)31-35)33-9-8-32(27(33)36)20-4-5-24-19(14-20)15-30-34(24)10-11-37-3;/h4-5,8-9,12-15,29H,6-7,10-11,16H2,1-3H3;1H. The number of rotatable bonds is 6. The molecule has 0 atom stereocenters. The molecule has 1 N–H and O–H groups in total. The van der Waals surface area contributed by atoms with Crippen molar-refractivity contribution in [2.45, 2.75) is 33.4 Å². The van der Waals surface area contributed by atoms with Gasteiger partial charge in [0.2, 0.25) is 0 Å². The van der Waals surface area contributed by atoms with E-state index in [-0.39, 0.29) is 23.9 Å². The number of ether oxygens (including phenoxy) is 1. The Labute approximate surface area is 224 Å². The van der Waals surface area contributed by atoms with Crippen LogP contribution < -0.4 is 11.0 Å². The Morgan fingerprint density at radius 3 is 2.61 bits per heavy atom. The molecule has 11 heteroatoms. The molecule has 4 heterocycles. The topological polar surface area (TPSA) is 83.8 Å². The molecular formula is C27H29ClFN7O2. The van der Waals surface area contributed by atoms with Gasteiger partial charge in [-0.3, -0.25) is 13.8 Å². The Morgan fingerprint density at radius 2 is 1.84 bits per heavy atom. The number of nitrogens with zero attached hydrogens (tertiary/aromatic N) is 6. The zero-order valence-electron chi connectivity index (χ0n) is 21.4. The summed E-state index contributed by atoms with van der Waals surface area (Å²) in [6.45, 7) is 6.13. The van der Waals surface area contributed by atoms with Crippen LogP contribution >= 0.6 is 12.4 Å². The Morgan fingerprint density at radius 1 is 1.08 bits per heavy atom. The van der Waals surface area contributed by atoms with Crippen LogP contribution in [0.25, 0.3) is 28.1 Å². The van der Waals surface area contributed by atoms with E-state index in [2.05, 4.69) is 10.4 Å². The second-order valence-electron chi connectivity index (χ2n) is 9.41. The number of aromatic nitrogens is 6. The van der Waals surface area contributed by atoms with Gasteiger partial charge in [0.15, 0.2) is 0 Å². The van der Waals surface area contributed by atoms with Gasteiger partial charge in [-0.25, -0.2) is 13.9 Å². The molecular weight excluding hydrogens is 509 g/mol. The van der Waals surface area contributed by atoms with Crippen LogP contribution in [-0.2, 0) is 24.2 Å². The first-order valence-electron chi connectivity index (χ1n) is 12.3. The van der Waals surface area contributed by atoms with Crippen molar-refractivity contribution >= 4 is 23.3 Å². The molecule has 0 saturated carbocycles. The highest BCUT2D eigenvalue weighted by atomic mass is 35.5. The highest BCUT2D eigenvalue weighted by Gasteiger charge is 2.25. The van der Waals surface area contributed by atoms with Crippen molar-refractivity contribution < 1.29 is 9.13 Å². The Balaban J connectivity index is 0.00000294. The third-order valence-electron chi connectivity index (χ3n) is 6.96. The maximum absolute atomic E-state index is 14.4. The molecule has 0 aliphatic carbocycles. The number of methoxy groups -OCH3 is 1. The lowest BCUT2D eigenvalue weighted by Gasteiger charge is -2.14. The molecule has 0 saturated heterocycles. The lowest BCUT2D eigenvalue weighted by atomic mass is 10.1. The third kappa shape index (κ3) is 4.24. The average Bonchev–Trinajstić information content (AvgIpc) is 3.60. The van der Waals surface area contributed by atoms with E-state index in [1.165, 1.54) is 0 Å². The molecule has 3 aromatic heterocycles. The number of aryl methyl sites for hydroxylation is 2. The Bertz CT molecular complexity index is 1670. The van der Waals surface area contributed by atoms with Crippen LogP contribution in [0.2, 0.25) is 0 Å². The second-order valence-corrected chi connectivity index (χ2v) is 9.41. The number of nitrogens with one attached hydrogen (secondary N) is 1. The summed E-state index contributed by atoms with van der Waals surface area (Å²) in [5.41, 5.74) is 5.23. The lowest BCUT2D eigenvalue weighted by molar-refractivity contribution is 0.185. The van der Waals surface area contributed by atoms with Gasteiger partial charge in [-0.15, -0.1) is 12.4 Å². The van der Waals surface area contributed by atoms with Gasteiger partial charge < -0.3 is 10.1 Å². The van der Waals surface area contributed by atoms with Gasteiger partial charge in [-0.05, 0) is 55.3 Å². The largest absolute Gasteiger partial charge is 0.383 e. The fraction of sp³-hybridized carbons (Fsp3) is 0.296. The van der Waals surface area contributed by atoms with E-state index in [1.807, 2.05) is 22.9 Å². The van der Waals surface area contributed by atoms with Gasteiger partial charge in [0.05, 0.1) is 41.9 Å². The average molecular weight is 538 g/mol. The van der Waals surface area contributed by atoms with Gasteiger partial charge in [-0.2, -0.15) is 10.2 Å². The molecule has 6 rings (SSSR count). The minimum atomic E-state index is -0.229. The van der Waals surface area contributed by atoms with E-state index in [0.29, 0.717) is 36.6 Å². The molecule has 9 nitrogen and oxygen atoms in total. The summed E-state index contributed by atoms with van der Waals surface area (Å²) in [5, 5.41) is 13.6. The first-order chi connectivity index (χ1) is 18.0. The molecule has 38 heavy (non-hydrogen) atoms. The molecule has 1 aliphatic heterocycles. The summed E-state index contributed by atoms with van der Waals surface area (Å²) in [4.78, 5) is 13.8. The van der Waals surface area contributed by atoms with Crippen molar-refractivity contribution in [1.29, 1.82) is 0 Å². The number of halogens is 2. The van der Waals surface area contributed by atoms with Crippen molar-refractivity contribution in [3.05, 3.63) is 87.6 Å². The molecule has 1 aliphatic rings. The first-order valence-corrected chi connectivity index (χ1v) is 12.3. The second kappa shape index (κ2) is 10.2. The van der Waals surface area contributed by atoms with Gasteiger partial charge in [-0.1, -0.05) is 0 Å². The van der Waals surface area contributed by atoms with Crippen molar-refractivity contribution in [2.24, 2.45) is 0 Å². The van der Waals surface area contributed by atoms with Crippen molar-refractivity contribution in [3.8, 4) is 17.2 Å². The smallest absolute Gasteiger partial charge is 0.338 e. The zero-order chi connectivity index (χ0) is 25.7. The molecule has 0 unspecified atom stereocenters. The highest BCUT2D eigenvalue weighted by molar-refractivity contribution is 5.85. The van der Waals surface area contributed by atoms with Gasteiger partial charge >= 0.3 is 5.69 Å². The molecule has 5 aromatic rings. The van der Waals surface area contributed by atoms with Crippen LogP contribution in [0.5, 0.6) is 0 Å². The van der Waals surface area contributed by atoms with E-state index in [9.17, 15) is 9.18 Å². The fourth-order valence-corrected chi connectivity index (χ4v) is 5.08. The number of hydrogen-bond donors (Lipinski definition) is 1. The number of imidazole rings is 1. The molecule has 0 fully saturated rings. The van der Waals surface area contributed by atoms with E-state index in [4.69, 9.17) is 9.84 Å². The number of hydrogen-bond acceptors (Lipinski definition) is 5. The first kappa shape index (κ1) is 25.9. The summed E-state index contributed by atoms with van der Waals surface area (Å²) < 4.78 is 26.5. The maximum Gasteiger partial charge on any atom is 0.338 e. The summed E-state index contributed by atoms with van der Waals surface area (Å²) >= 11 is 0. The van der Waals surface area contributed by atoms with E-state index >= 15 is 0 Å². The maximum atomic E-state index is 14.4. The molecule has 0 radical (unpaired) electrons. The molecule has 2 aromatic carbocycles. The third-order valence-corrected chi connectivity index (χ3v) is 6.96. The van der Waals surface area contributed by atoms with Gasteiger partial charge in [0.25, 0.3) is 0 Å².